The molecule has 3 rings (SSSR count). The van der Waals surface area contributed by atoms with Gasteiger partial charge in [0.15, 0.2) is 0 Å². The highest BCUT2D eigenvalue weighted by Gasteiger charge is 2.32. The maximum absolute atomic E-state index is 13.1. The molecule has 7 nitrogen and oxygen atoms in total. The molecule has 2 aromatic carbocycles. The van der Waals surface area contributed by atoms with E-state index in [0.29, 0.717) is 18.7 Å². The number of benzene rings is 2. The molecule has 2 aromatic rings. The third-order valence-corrected chi connectivity index (χ3v) is 4.99. The molecule has 7 heteroatoms. The Morgan fingerprint density at radius 1 is 1.10 bits per heavy atom. The summed E-state index contributed by atoms with van der Waals surface area (Å²) in [5.41, 5.74) is 2.27. The van der Waals surface area contributed by atoms with E-state index in [9.17, 15) is 14.4 Å². The second-order valence-electron chi connectivity index (χ2n) is 7.26. The fourth-order valence-electron chi connectivity index (χ4n) is 3.58. The predicted molar refractivity (Wildman–Crippen MR) is 114 cm³/mol. The molecule has 0 radical (unpaired) electrons. The van der Waals surface area contributed by atoms with Crippen LogP contribution in [0.2, 0.25) is 0 Å². The number of amides is 3. The standard InChI is InChI=1S/C23H27N3O4/c1-30-16-20(27)25-19-11-7-8-17(14-19)15-24-23(29)22(18-9-3-2-4-10-18)26-13-6-5-12-21(26)28/h2-4,7-11,14,22H,5-6,12-13,15-16H2,1H3,(H,24,29)(H,25,27). The van der Waals surface area contributed by atoms with Crippen LogP contribution in [-0.2, 0) is 25.7 Å². The van der Waals surface area contributed by atoms with Gasteiger partial charge < -0.3 is 20.3 Å². The van der Waals surface area contributed by atoms with E-state index < -0.39 is 6.04 Å². The van der Waals surface area contributed by atoms with E-state index >= 15 is 0 Å². The average Bonchev–Trinajstić information content (AvgIpc) is 2.75. The van der Waals surface area contributed by atoms with Crippen LogP contribution in [0.15, 0.2) is 54.6 Å². The molecule has 1 aliphatic heterocycles. The summed E-state index contributed by atoms with van der Waals surface area (Å²) < 4.78 is 4.82. The number of nitrogens with zero attached hydrogens (tertiary/aromatic N) is 1. The van der Waals surface area contributed by atoms with Crippen LogP contribution >= 0.6 is 0 Å². The van der Waals surface area contributed by atoms with Gasteiger partial charge in [0.2, 0.25) is 17.7 Å². The summed E-state index contributed by atoms with van der Waals surface area (Å²) in [5, 5.41) is 5.70. The highest BCUT2D eigenvalue weighted by molar-refractivity contribution is 5.92. The number of methoxy groups -OCH3 is 1. The summed E-state index contributed by atoms with van der Waals surface area (Å²) >= 11 is 0. The minimum Gasteiger partial charge on any atom is -0.375 e. The summed E-state index contributed by atoms with van der Waals surface area (Å²) in [6, 6.07) is 16.0. The Morgan fingerprint density at radius 2 is 1.90 bits per heavy atom. The molecule has 0 aromatic heterocycles. The van der Waals surface area contributed by atoms with Gasteiger partial charge in [-0.05, 0) is 36.1 Å². The van der Waals surface area contributed by atoms with Crippen molar-refractivity contribution in [2.75, 3.05) is 25.6 Å². The molecule has 0 saturated carbocycles. The van der Waals surface area contributed by atoms with Gasteiger partial charge in [-0.15, -0.1) is 0 Å². The molecule has 3 amide bonds. The van der Waals surface area contributed by atoms with Crippen molar-refractivity contribution in [1.82, 2.24) is 10.2 Å². The minimum atomic E-state index is -0.649. The molecule has 0 aliphatic carbocycles. The summed E-state index contributed by atoms with van der Waals surface area (Å²) in [4.78, 5) is 39.0. The van der Waals surface area contributed by atoms with E-state index in [1.165, 1.54) is 7.11 Å². The first-order valence-corrected chi connectivity index (χ1v) is 10.1. The predicted octanol–water partition coefficient (Wildman–Crippen LogP) is 2.64. The molecule has 1 unspecified atom stereocenters. The molecule has 0 bridgehead atoms. The van der Waals surface area contributed by atoms with Crippen LogP contribution in [0.25, 0.3) is 0 Å². The van der Waals surface area contributed by atoms with Crippen LogP contribution in [0.1, 0.15) is 36.4 Å². The molecule has 1 fully saturated rings. The maximum Gasteiger partial charge on any atom is 0.250 e. The lowest BCUT2D eigenvalue weighted by Gasteiger charge is -2.34. The fourth-order valence-corrected chi connectivity index (χ4v) is 3.58. The van der Waals surface area contributed by atoms with Crippen LogP contribution in [0, 0.1) is 0 Å². The van der Waals surface area contributed by atoms with Gasteiger partial charge in [-0.25, -0.2) is 0 Å². The van der Waals surface area contributed by atoms with Crippen molar-refractivity contribution in [1.29, 1.82) is 0 Å². The van der Waals surface area contributed by atoms with Gasteiger partial charge in [0.25, 0.3) is 0 Å². The number of hydrogen-bond donors (Lipinski definition) is 2. The quantitative estimate of drug-likeness (QED) is 0.702. The number of ether oxygens (including phenoxy) is 1. The summed E-state index contributed by atoms with van der Waals surface area (Å²) in [5.74, 6) is -0.454. The van der Waals surface area contributed by atoms with Crippen LogP contribution in [0.3, 0.4) is 0 Å². The van der Waals surface area contributed by atoms with Crippen molar-refractivity contribution < 1.29 is 19.1 Å². The van der Waals surface area contributed by atoms with E-state index in [1.54, 1.807) is 17.0 Å². The molecule has 2 N–H and O–H groups in total. The Bertz CT molecular complexity index is 885. The molecule has 1 atom stereocenters. The first-order valence-electron chi connectivity index (χ1n) is 10.1. The number of piperidine rings is 1. The van der Waals surface area contributed by atoms with Gasteiger partial charge in [-0.1, -0.05) is 42.5 Å². The monoisotopic (exact) mass is 409 g/mol. The van der Waals surface area contributed by atoms with Crippen LogP contribution in [0.5, 0.6) is 0 Å². The van der Waals surface area contributed by atoms with Crippen molar-refractivity contribution in [2.45, 2.75) is 31.8 Å². The number of anilines is 1. The van der Waals surface area contributed by atoms with Gasteiger partial charge in [0, 0.05) is 32.3 Å². The molecular weight excluding hydrogens is 382 g/mol. The number of hydrogen-bond acceptors (Lipinski definition) is 4. The fraction of sp³-hybridized carbons (Fsp3) is 0.348. The Labute approximate surface area is 176 Å². The largest absolute Gasteiger partial charge is 0.375 e. The number of carbonyl (C=O) groups excluding carboxylic acids is 3. The SMILES string of the molecule is COCC(=O)Nc1cccc(CNC(=O)C(c2ccccc2)N2CCCCC2=O)c1. The Hall–Kier alpha value is -3.19. The molecule has 1 heterocycles. The van der Waals surface area contributed by atoms with E-state index in [-0.39, 0.29) is 30.9 Å². The third-order valence-electron chi connectivity index (χ3n) is 4.99. The number of carbonyl (C=O) groups is 3. The van der Waals surface area contributed by atoms with Gasteiger partial charge >= 0.3 is 0 Å². The lowest BCUT2D eigenvalue weighted by atomic mass is 10.0. The van der Waals surface area contributed by atoms with E-state index in [4.69, 9.17) is 4.74 Å². The first-order chi connectivity index (χ1) is 14.6. The van der Waals surface area contributed by atoms with Crippen molar-refractivity contribution in [2.24, 2.45) is 0 Å². The normalized spacial score (nSPS) is 14.8. The number of likely N-dealkylation sites (tertiary alicyclic amines) is 1. The number of rotatable bonds is 8. The molecular formula is C23H27N3O4. The van der Waals surface area contributed by atoms with Crippen molar-refractivity contribution in [3.63, 3.8) is 0 Å². The first kappa shape index (κ1) is 21.5. The van der Waals surface area contributed by atoms with Crippen molar-refractivity contribution in [3.05, 3.63) is 65.7 Å². The Kier molecular flexibility index (Phi) is 7.57. The molecule has 30 heavy (non-hydrogen) atoms. The van der Waals surface area contributed by atoms with E-state index in [0.717, 1.165) is 24.0 Å². The minimum absolute atomic E-state index is 0.00751. The Balaban J connectivity index is 1.70. The average molecular weight is 409 g/mol. The van der Waals surface area contributed by atoms with Crippen molar-refractivity contribution >= 4 is 23.4 Å². The van der Waals surface area contributed by atoms with Crippen molar-refractivity contribution in [3.8, 4) is 0 Å². The van der Waals surface area contributed by atoms with Crippen LogP contribution in [-0.4, -0.2) is 42.9 Å². The summed E-state index contributed by atoms with van der Waals surface area (Å²) in [7, 11) is 1.46. The molecule has 0 spiro atoms. The molecule has 1 saturated heterocycles. The van der Waals surface area contributed by atoms with Gasteiger partial charge in [-0.3, -0.25) is 14.4 Å². The zero-order valence-corrected chi connectivity index (χ0v) is 17.1. The van der Waals surface area contributed by atoms with Gasteiger partial charge in [0.05, 0.1) is 0 Å². The zero-order valence-electron chi connectivity index (χ0n) is 17.1. The Morgan fingerprint density at radius 3 is 2.63 bits per heavy atom. The van der Waals surface area contributed by atoms with Crippen LogP contribution in [0.4, 0.5) is 5.69 Å². The van der Waals surface area contributed by atoms with Gasteiger partial charge in [-0.2, -0.15) is 0 Å². The summed E-state index contributed by atoms with van der Waals surface area (Å²) in [6.07, 6.45) is 2.23. The number of nitrogens with one attached hydrogen (secondary N) is 2. The third kappa shape index (κ3) is 5.67. The van der Waals surface area contributed by atoms with E-state index in [2.05, 4.69) is 10.6 Å². The zero-order chi connectivity index (χ0) is 21.3. The molecule has 1 aliphatic rings. The second-order valence-corrected chi connectivity index (χ2v) is 7.26. The van der Waals surface area contributed by atoms with Gasteiger partial charge in [0.1, 0.15) is 12.6 Å². The highest BCUT2D eigenvalue weighted by Crippen LogP contribution is 2.26. The topological polar surface area (TPSA) is 87.7 Å². The maximum atomic E-state index is 13.1. The van der Waals surface area contributed by atoms with Crippen LogP contribution < -0.4 is 10.6 Å². The summed E-state index contributed by atoms with van der Waals surface area (Å²) in [6.45, 7) is 0.842. The second kappa shape index (κ2) is 10.5. The lowest BCUT2D eigenvalue weighted by molar-refractivity contribution is -0.142. The highest BCUT2D eigenvalue weighted by atomic mass is 16.5. The smallest absolute Gasteiger partial charge is 0.250 e. The molecule has 158 valence electrons. The van der Waals surface area contributed by atoms with E-state index in [1.807, 2.05) is 42.5 Å². The lowest BCUT2D eigenvalue weighted by Crippen LogP contribution is -2.45.